The molecule has 0 aliphatic rings. The molecule has 0 bridgehead atoms. The van der Waals surface area contributed by atoms with E-state index in [0.717, 1.165) is 17.9 Å². The number of hydrogen-bond acceptors (Lipinski definition) is 3. The van der Waals surface area contributed by atoms with Crippen LogP contribution in [0, 0.1) is 6.92 Å². The molecule has 2 N–H and O–H groups in total. The first-order chi connectivity index (χ1) is 10.2. The van der Waals surface area contributed by atoms with Crippen LogP contribution in [0.3, 0.4) is 0 Å². The first-order valence-corrected chi connectivity index (χ1v) is 7.26. The minimum atomic E-state index is 0.306. The molecule has 0 radical (unpaired) electrons. The van der Waals surface area contributed by atoms with Crippen molar-refractivity contribution in [2.24, 2.45) is 5.73 Å². The van der Waals surface area contributed by atoms with E-state index in [0.29, 0.717) is 19.1 Å². The van der Waals surface area contributed by atoms with Gasteiger partial charge in [0.2, 0.25) is 0 Å². The van der Waals surface area contributed by atoms with Gasteiger partial charge in [0.15, 0.2) is 0 Å². The molecule has 0 saturated heterocycles. The third-order valence-corrected chi connectivity index (χ3v) is 3.60. The molecular formula is C18H23NO2. The van der Waals surface area contributed by atoms with Gasteiger partial charge in [-0.3, -0.25) is 0 Å². The number of benzene rings is 2. The highest BCUT2D eigenvalue weighted by Gasteiger charge is 2.10. The van der Waals surface area contributed by atoms with Crippen molar-refractivity contribution in [3.05, 3.63) is 59.7 Å². The summed E-state index contributed by atoms with van der Waals surface area (Å²) in [5, 5.41) is 0. The van der Waals surface area contributed by atoms with E-state index in [4.69, 9.17) is 15.2 Å². The number of methoxy groups -OCH3 is 1. The van der Waals surface area contributed by atoms with E-state index in [2.05, 4.69) is 25.1 Å². The Kier molecular flexibility index (Phi) is 5.64. The molecule has 1 atom stereocenters. The van der Waals surface area contributed by atoms with E-state index >= 15 is 0 Å². The lowest BCUT2D eigenvalue weighted by molar-refractivity contribution is 0.298. The Hall–Kier alpha value is -2.00. The van der Waals surface area contributed by atoms with Crippen LogP contribution in [-0.4, -0.2) is 20.3 Å². The van der Waals surface area contributed by atoms with Crippen LogP contribution in [0.5, 0.6) is 11.5 Å². The Balaban J connectivity index is 1.90. The summed E-state index contributed by atoms with van der Waals surface area (Å²) in [6, 6.07) is 16.2. The third kappa shape index (κ3) is 4.50. The molecule has 0 saturated carbocycles. The molecule has 0 aromatic heterocycles. The molecule has 112 valence electrons. The maximum absolute atomic E-state index is 5.89. The van der Waals surface area contributed by atoms with E-state index in [-0.39, 0.29) is 0 Å². The lowest BCUT2D eigenvalue weighted by atomic mass is 9.96. The number of rotatable bonds is 7. The van der Waals surface area contributed by atoms with Crippen LogP contribution in [0.2, 0.25) is 0 Å². The summed E-state index contributed by atoms with van der Waals surface area (Å²) in [7, 11) is 1.67. The topological polar surface area (TPSA) is 44.5 Å². The summed E-state index contributed by atoms with van der Waals surface area (Å²) in [6.45, 7) is 3.34. The standard InChI is InChI=1S/C18H23NO2/c1-14-4-3-5-18(12-14)21-11-10-16(13-19)15-6-8-17(20-2)9-7-15/h3-9,12,16H,10-11,13,19H2,1-2H3. The maximum Gasteiger partial charge on any atom is 0.119 e. The molecule has 1 unspecified atom stereocenters. The highest BCUT2D eigenvalue weighted by atomic mass is 16.5. The Morgan fingerprint density at radius 3 is 2.43 bits per heavy atom. The zero-order valence-electron chi connectivity index (χ0n) is 12.7. The van der Waals surface area contributed by atoms with Gasteiger partial charge >= 0.3 is 0 Å². The zero-order valence-corrected chi connectivity index (χ0v) is 12.7. The van der Waals surface area contributed by atoms with Gasteiger partial charge < -0.3 is 15.2 Å². The first kappa shape index (κ1) is 15.4. The fraction of sp³-hybridized carbons (Fsp3) is 0.333. The largest absolute Gasteiger partial charge is 0.497 e. The first-order valence-electron chi connectivity index (χ1n) is 7.26. The van der Waals surface area contributed by atoms with Crippen molar-refractivity contribution in [1.82, 2.24) is 0 Å². The Morgan fingerprint density at radius 1 is 1.05 bits per heavy atom. The Morgan fingerprint density at radius 2 is 1.81 bits per heavy atom. The molecule has 2 rings (SSSR count). The molecule has 0 spiro atoms. The average molecular weight is 285 g/mol. The number of ether oxygens (including phenoxy) is 2. The fourth-order valence-corrected chi connectivity index (χ4v) is 2.32. The van der Waals surface area contributed by atoms with Gasteiger partial charge in [0.1, 0.15) is 11.5 Å². The number of aryl methyl sites for hydroxylation is 1. The third-order valence-electron chi connectivity index (χ3n) is 3.60. The Bertz CT molecular complexity index is 551. The summed E-state index contributed by atoms with van der Waals surface area (Å²) in [5.74, 6) is 2.09. The Labute approximate surface area is 126 Å². The van der Waals surface area contributed by atoms with E-state index < -0.39 is 0 Å². The number of nitrogens with two attached hydrogens (primary N) is 1. The molecule has 0 fully saturated rings. The van der Waals surface area contributed by atoms with Gasteiger partial charge in [0, 0.05) is 0 Å². The fourth-order valence-electron chi connectivity index (χ4n) is 2.32. The molecule has 3 heteroatoms. The summed E-state index contributed by atoms with van der Waals surface area (Å²) < 4.78 is 11.0. The molecule has 2 aromatic rings. The summed E-state index contributed by atoms with van der Waals surface area (Å²) in [4.78, 5) is 0. The highest BCUT2D eigenvalue weighted by Crippen LogP contribution is 2.22. The smallest absolute Gasteiger partial charge is 0.119 e. The van der Waals surface area contributed by atoms with Gasteiger partial charge in [-0.2, -0.15) is 0 Å². The second kappa shape index (κ2) is 7.70. The second-order valence-corrected chi connectivity index (χ2v) is 5.16. The van der Waals surface area contributed by atoms with Crippen molar-refractivity contribution in [2.75, 3.05) is 20.3 Å². The summed E-state index contributed by atoms with van der Waals surface area (Å²) in [5.41, 5.74) is 8.33. The van der Waals surface area contributed by atoms with E-state index in [1.54, 1.807) is 7.11 Å². The van der Waals surface area contributed by atoms with Crippen molar-refractivity contribution in [3.63, 3.8) is 0 Å². The molecule has 0 amide bonds. The van der Waals surface area contributed by atoms with Gasteiger partial charge in [-0.25, -0.2) is 0 Å². The molecule has 21 heavy (non-hydrogen) atoms. The van der Waals surface area contributed by atoms with Gasteiger partial charge in [-0.1, -0.05) is 24.3 Å². The molecule has 0 heterocycles. The normalized spacial score (nSPS) is 12.0. The zero-order chi connectivity index (χ0) is 15.1. The predicted molar refractivity (Wildman–Crippen MR) is 86.1 cm³/mol. The van der Waals surface area contributed by atoms with Crippen LogP contribution in [0.25, 0.3) is 0 Å². The van der Waals surface area contributed by atoms with Crippen LogP contribution in [0.15, 0.2) is 48.5 Å². The van der Waals surface area contributed by atoms with Gasteiger partial charge in [0.25, 0.3) is 0 Å². The lowest BCUT2D eigenvalue weighted by Crippen LogP contribution is -2.15. The van der Waals surface area contributed by atoms with Crippen LogP contribution in [0.4, 0.5) is 0 Å². The summed E-state index contributed by atoms with van der Waals surface area (Å²) in [6.07, 6.45) is 0.900. The second-order valence-electron chi connectivity index (χ2n) is 5.16. The average Bonchev–Trinajstić information content (AvgIpc) is 2.52. The highest BCUT2D eigenvalue weighted by molar-refractivity contribution is 5.30. The van der Waals surface area contributed by atoms with Crippen molar-refractivity contribution in [1.29, 1.82) is 0 Å². The summed E-state index contributed by atoms with van der Waals surface area (Å²) >= 11 is 0. The van der Waals surface area contributed by atoms with Gasteiger partial charge in [-0.05, 0) is 61.2 Å². The van der Waals surface area contributed by atoms with Crippen LogP contribution >= 0.6 is 0 Å². The van der Waals surface area contributed by atoms with Crippen LogP contribution in [0.1, 0.15) is 23.5 Å². The lowest BCUT2D eigenvalue weighted by Gasteiger charge is -2.16. The van der Waals surface area contributed by atoms with Crippen molar-refractivity contribution in [3.8, 4) is 11.5 Å². The predicted octanol–water partition coefficient (Wildman–Crippen LogP) is 3.52. The van der Waals surface area contributed by atoms with Crippen LogP contribution in [-0.2, 0) is 0 Å². The maximum atomic E-state index is 5.89. The van der Waals surface area contributed by atoms with E-state index in [9.17, 15) is 0 Å². The van der Waals surface area contributed by atoms with Gasteiger partial charge in [0.05, 0.1) is 13.7 Å². The van der Waals surface area contributed by atoms with Crippen molar-refractivity contribution in [2.45, 2.75) is 19.3 Å². The molecule has 0 aliphatic heterocycles. The minimum absolute atomic E-state index is 0.306. The van der Waals surface area contributed by atoms with Crippen LogP contribution < -0.4 is 15.2 Å². The van der Waals surface area contributed by atoms with E-state index in [1.165, 1.54) is 11.1 Å². The van der Waals surface area contributed by atoms with Gasteiger partial charge in [-0.15, -0.1) is 0 Å². The van der Waals surface area contributed by atoms with Crippen molar-refractivity contribution < 1.29 is 9.47 Å². The molecule has 2 aromatic carbocycles. The van der Waals surface area contributed by atoms with E-state index in [1.807, 2.05) is 30.3 Å². The number of hydrogen-bond donors (Lipinski definition) is 1. The molecule has 0 aliphatic carbocycles. The molecular weight excluding hydrogens is 262 g/mol. The monoisotopic (exact) mass is 285 g/mol. The quantitative estimate of drug-likeness (QED) is 0.846. The SMILES string of the molecule is COc1ccc(C(CN)CCOc2cccc(C)c2)cc1. The van der Waals surface area contributed by atoms with Crippen molar-refractivity contribution >= 4 is 0 Å². The minimum Gasteiger partial charge on any atom is -0.497 e. The molecule has 3 nitrogen and oxygen atoms in total.